The average Bonchev–Trinajstić information content (AvgIpc) is 3.98. The molecular formula is C38H30B2F2N4S5. The number of nitrogens with zero attached hydrogens (tertiary/aromatic N) is 2. The number of fused-ring (bicyclic) bond motifs is 4. The van der Waals surface area contributed by atoms with Crippen LogP contribution in [0.5, 0.6) is 0 Å². The molecule has 0 saturated carbocycles. The summed E-state index contributed by atoms with van der Waals surface area (Å²) in [6, 6.07) is 30.1. The van der Waals surface area contributed by atoms with Crippen LogP contribution in [0.2, 0.25) is 0 Å². The highest BCUT2D eigenvalue weighted by atomic mass is 32.1. The zero-order valence-corrected chi connectivity index (χ0v) is 31.2. The third kappa shape index (κ3) is 4.66. The molecule has 11 heterocycles. The fraction of sp³-hybridized carbons (Fsp3) is 0.0526. The van der Waals surface area contributed by atoms with Gasteiger partial charge in [0, 0.05) is 31.7 Å². The first-order valence-electron chi connectivity index (χ1n) is 16.9. The molecule has 252 valence electrons. The lowest BCUT2D eigenvalue weighted by Gasteiger charge is -2.50. The summed E-state index contributed by atoms with van der Waals surface area (Å²) >= 11 is 9.05. The SMILES string of the molecule is C1=CC2=C(c3cccs3)c3ccc(-c4cccs4)n3[B-](c3cccs3)(c3cccs3)[NH+]2C1.F[B-]1(F)n2cccc2C(c2cccs2)=C2C=CC[NH+]21. The van der Waals surface area contributed by atoms with Crippen molar-refractivity contribution in [2.75, 3.05) is 13.1 Å². The Morgan fingerprint density at radius 2 is 1.06 bits per heavy atom. The summed E-state index contributed by atoms with van der Waals surface area (Å²) in [7, 11) is 0. The van der Waals surface area contributed by atoms with E-state index in [1.807, 2.05) is 75.0 Å². The molecule has 13 heteroatoms. The predicted molar refractivity (Wildman–Crippen MR) is 215 cm³/mol. The van der Waals surface area contributed by atoms with Gasteiger partial charge < -0.3 is 27.2 Å². The summed E-state index contributed by atoms with van der Waals surface area (Å²) in [6.45, 7) is -2.28. The van der Waals surface area contributed by atoms with Gasteiger partial charge in [-0.25, -0.2) is 0 Å². The first-order valence-corrected chi connectivity index (χ1v) is 21.3. The molecule has 0 aromatic carbocycles. The van der Waals surface area contributed by atoms with Gasteiger partial charge >= 0.3 is 13.4 Å². The molecule has 7 aromatic rings. The normalized spacial score (nSPS) is 20.6. The number of halogens is 2. The van der Waals surface area contributed by atoms with Crippen molar-refractivity contribution in [3.8, 4) is 10.6 Å². The summed E-state index contributed by atoms with van der Waals surface area (Å²) in [4.78, 5) is 5.55. The third-order valence-electron chi connectivity index (χ3n) is 10.6. The van der Waals surface area contributed by atoms with Crippen LogP contribution in [0.1, 0.15) is 21.1 Å². The zero-order valence-electron chi connectivity index (χ0n) is 27.1. The average molecular weight is 763 g/mol. The van der Waals surface area contributed by atoms with Crippen molar-refractivity contribution in [3.63, 3.8) is 0 Å². The molecule has 4 nitrogen and oxygen atoms in total. The number of allylic oxidation sites excluding steroid dienone is 2. The second kappa shape index (κ2) is 12.3. The highest BCUT2D eigenvalue weighted by molar-refractivity contribution is 7.34. The highest BCUT2D eigenvalue weighted by Gasteiger charge is 2.53. The van der Waals surface area contributed by atoms with Crippen LogP contribution in [0, 0.1) is 0 Å². The zero-order chi connectivity index (χ0) is 34.2. The monoisotopic (exact) mass is 762 g/mol. The van der Waals surface area contributed by atoms with E-state index in [4.69, 9.17) is 0 Å². The first-order chi connectivity index (χ1) is 25.1. The van der Waals surface area contributed by atoms with E-state index < -0.39 is 13.4 Å². The van der Waals surface area contributed by atoms with E-state index in [0.717, 1.165) is 27.2 Å². The van der Waals surface area contributed by atoms with Crippen molar-refractivity contribution in [1.29, 1.82) is 0 Å². The van der Waals surface area contributed by atoms with E-state index in [2.05, 4.69) is 98.8 Å². The van der Waals surface area contributed by atoms with Gasteiger partial charge in [-0.3, -0.25) is 0 Å². The molecule has 2 unspecified atom stereocenters. The lowest BCUT2D eigenvalue weighted by Crippen LogP contribution is -3.26. The van der Waals surface area contributed by atoms with E-state index in [0.29, 0.717) is 12.2 Å². The summed E-state index contributed by atoms with van der Waals surface area (Å²) in [5.74, 6) is 0. The molecule has 0 spiro atoms. The smallest absolute Gasteiger partial charge is 0.460 e. The van der Waals surface area contributed by atoms with Crippen molar-refractivity contribution in [3.05, 3.63) is 175 Å². The standard InChI is InChI=1S/C25H19BN2S4.C13H11BF2N2S/c1-6-19-25(22-8-3-15-30-22)20-12-11-18(21-7-2-14-29-21)28(20)26(27(19)13-1,23-9-4-16-31-23)24-10-5-17-32-24;15-14(16)17-7-1-4-10(17)13(12-6-3-9-19-12)11-5-2-8-18(11)14/h1-12,14-17,27H,13H2;1-7,9,18H,8H2. The largest absolute Gasteiger partial charge is 0.663 e. The molecule has 2 atom stereocenters. The molecular weight excluding hydrogens is 732 g/mol. The third-order valence-corrected chi connectivity index (χ3v) is 15.3. The summed E-state index contributed by atoms with van der Waals surface area (Å²) in [5, 5.41) is 10.8. The first kappa shape index (κ1) is 31.6. The molecule has 4 aliphatic rings. The maximum absolute atomic E-state index is 14.5. The quantitative estimate of drug-likeness (QED) is 0.182. The van der Waals surface area contributed by atoms with Crippen LogP contribution in [-0.2, 0) is 0 Å². The maximum atomic E-state index is 14.5. The molecule has 0 radical (unpaired) electrons. The Kier molecular flexibility index (Phi) is 7.61. The summed E-state index contributed by atoms with van der Waals surface area (Å²) in [6.07, 6.45) is 8.65. The number of quaternary nitrogens is 2. The van der Waals surface area contributed by atoms with Gasteiger partial charge in [-0.05, 0) is 99.9 Å². The number of hydrogen-bond acceptors (Lipinski definition) is 5. The van der Waals surface area contributed by atoms with Crippen molar-refractivity contribution in [2.45, 2.75) is 0 Å². The second-order valence-corrected chi connectivity index (χ2v) is 17.8. The predicted octanol–water partition coefficient (Wildman–Crippen LogP) is 6.73. The van der Waals surface area contributed by atoms with Crippen molar-refractivity contribution < 1.29 is 18.3 Å². The van der Waals surface area contributed by atoms with E-state index in [1.165, 1.54) is 48.2 Å². The van der Waals surface area contributed by atoms with Crippen LogP contribution in [0.25, 0.3) is 21.7 Å². The van der Waals surface area contributed by atoms with Gasteiger partial charge in [0.05, 0.1) is 29.9 Å². The number of thiophene rings is 5. The molecule has 0 amide bonds. The molecule has 0 bridgehead atoms. The van der Waals surface area contributed by atoms with Crippen LogP contribution in [-0.4, -0.2) is 35.4 Å². The number of nitrogens with one attached hydrogen (secondary N) is 2. The Morgan fingerprint density at radius 1 is 0.529 bits per heavy atom. The van der Waals surface area contributed by atoms with E-state index in [9.17, 15) is 8.63 Å². The van der Waals surface area contributed by atoms with Gasteiger partial charge in [0.2, 0.25) is 0 Å². The number of rotatable bonds is 5. The highest BCUT2D eigenvalue weighted by Crippen LogP contribution is 2.40. The second-order valence-electron chi connectivity index (χ2n) is 13.0. The minimum absolute atomic E-state index is 0.270. The summed E-state index contributed by atoms with van der Waals surface area (Å²) < 4.78 is 35.8. The van der Waals surface area contributed by atoms with Crippen LogP contribution in [0.15, 0.2) is 154 Å². The van der Waals surface area contributed by atoms with Gasteiger partial charge in [0.15, 0.2) is 0 Å². The Bertz CT molecular complexity index is 2430. The fourth-order valence-corrected chi connectivity index (χ4v) is 13.1. The van der Waals surface area contributed by atoms with Crippen LogP contribution < -0.4 is 19.2 Å². The van der Waals surface area contributed by atoms with Crippen molar-refractivity contribution >= 4 is 90.8 Å². The molecule has 0 fully saturated rings. The van der Waals surface area contributed by atoms with Crippen LogP contribution >= 0.6 is 56.7 Å². The molecule has 0 aliphatic carbocycles. The van der Waals surface area contributed by atoms with Crippen LogP contribution in [0.3, 0.4) is 0 Å². The minimum atomic E-state index is -3.64. The molecule has 51 heavy (non-hydrogen) atoms. The lowest BCUT2D eigenvalue weighted by atomic mass is 9.40. The molecule has 0 saturated heterocycles. The Labute approximate surface area is 314 Å². The lowest BCUT2D eigenvalue weighted by molar-refractivity contribution is -0.754. The fourth-order valence-electron chi connectivity index (χ4n) is 8.59. The number of hydrogen-bond donors (Lipinski definition) is 2. The number of aromatic nitrogens is 2. The maximum Gasteiger partial charge on any atom is 0.663 e. The topological polar surface area (TPSA) is 18.7 Å². The van der Waals surface area contributed by atoms with E-state index in [-0.39, 0.29) is 4.81 Å². The van der Waals surface area contributed by atoms with E-state index >= 15 is 0 Å². The van der Waals surface area contributed by atoms with Gasteiger partial charge in [0.25, 0.3) is 0 Å². The summed E-state index contributed by atoms with van der Waals surface area (Å²) in [5.41, 5.74) is 7.76. The molecule has 11 rings (SSSR count). The molecule has 2 N–H and O–H groups in total. The minimum Gasteiger partial charge on any atom is -0.460 e. The van der Waals surface area contributed by atoms with Gasteiger partial charge in [-0.15, -0.1) is 34.0 Å². The van der Waals surface area contributed by atoms with Gasteiger partial charge in [-0.1, -0.05) is 52.0 Å². The van der Waals surface area contributed by atoms with Crippen molar-refractivity contribution in [1.82, 2.24) is 8.96 Å². The Hall–Kier alpha value is -4.07. The Balaban J connectivity index is 0.000000147. The van der Waals surface area contributed by atoms with E-state index in [1.54, 1.807) is 28.3 Å². The van der Waals surface area contributed by atoms with Crippen LogP contribution in [0.4, 0.5) is 8.63 Å². The van der Waals surface area contributed by atoms with Gasteiger partial charge in [-0.2, -0.15) is 22.7 Å². The molecule has 7 aromatic heterocycles. The van der Waals surface area contributed by atoms with Crippen molar-refractivity contribution in [2.24, 2.45) is 0 Å². The Morgan fingerprint density at radius 3 is 1.65 bits per heavy atom. The molecule has 4 aliphatic heterocycles. The van der Waals surface area contributed by atoms with Gasteiger partial charge in [0.1, 0.15) is 5.70 Å².